The number of aryl methyl sites for hydroxylation is 6. The van der Waals surface area contributed by atoms with E-state index >= 15 is 0 Å². The number of fused-ring (bicyclic) bond motifs is 1. The number of benzene rings is 6. The van der Waals surface area contributed by atoms with Gasteiger partial charge in [0, 0.05) is 12.7 Å². The topological polar surface area (TPSA) is 247 Å². The molecule has 0 aliphatic carbocycles. The van der Waals surface area contributed by atoms with Gasteiger partial charge in [-0.1, -0.05) is 197 Å². The minimum atomic E-state index is -0.845. The highest BCUT2D eigenvalue weighted by Crippen LogP contribution is 2.34. The van der Waals surface area contributed by atoms with E-state index in [9.17, 15) is 14.6 Å². The summed E-state index contributed by atoms with van der Waals surface area (Å²) in [6.07, 6.45) is 18.2. The van der Waals surface area contributed by atoms with E-state index in [-0.39, 0.29) is 64.3 Å². The minimum absolute atomic E-state index is 0.00437. The normalized spacial score (nSPS) is 16.3. The number of halogens is 1. The Hall–Kier alpha value is -6.35. The SMILES string of the molecule is CCC(C)Cc1ccccc1OCCO.CCCC(C)c1ccccc1OCCO.CCCCc1cc(C)ccc1OCCO.CCCCc1ccc(F)cc1OCCO.CCCCc1cccc2c1OC(CO)CC2.CCCCc1ccccc1OCC(C)O.CC[C@H]1O[C@@H](CCO)[C@H](O)[C@@H]1O. The molecule has 580 valence electrons. The van der Waals surface area contributed by atoms with Gasteiger partial charge < -0.3 is 79.1 Å². The summed E-state index contributed by atoms with van der Waals surface area (Å²) < 4.78 is 51.4. The van der Waals surface area contributed by atoms with Crippen LogP contribution in [0.2, 0.25) is 0 Å². The molecule has 8 rings (SSSR count). The van der Waals surface area contributed by atoms with Crippen molar-refractivity contribution < 1.29 is 83.5 Å². The molecule has 2 aliphatic heterocycles. The molecular formula is C86H133FO16. The molecule has 6 aromatic rings. The lowest BCUT2D eigenvalue weighted by Crippen LogP contribution is -2.32. The summed E-state index contributed by atoms with van der Waals surface area (Å²) in [5.41, 5.74) is 9.85. The Balaban J connectivity index is 0.000000409. The molecule has 103 heavy (non-hydrogen) atoms. The Morgan fingerprint density at radius 1 is 0.495 bits per heavy atom. The molecule has 1 saturated heterocycles. The summed E-state index contributed by atoms with van der Waals surface area (Å²) in [6, 6.07) is 41.4. The predicted octanol–water partition coefficient (Wildman–Crippen LogP) is 15.6. The van der Waals surface area contributed by atoms with Crippen LogP contribution in [0.15, 0.2) is 127 Å². The Morgan fingerprint density at radius 3 is 1.52 bits per heavy atom. The Kier molecular flexibility index (Phi) is 52.1. The van der Waals surface area contributed by atoms with Gasteiger partial charge in [0.25, 0.3) is 0 Å². The second-order valence-electron chi connectivity index (χ2n) is 26.4. The highest BCUT2D eigenvalue weighted by Gasteiger charge is 2.41. The Labute approximate surface area is 618 Å². The first-order valence-corrected chi connectivity index (χ1v) is 38.3. The van der Waals surface area contributed by atoms with Crippen LogP contribution in [0, 0.1) is 18.7 Å². The third-order valence-electron chi connectivity index (χ3n) is 17.4. The lowest BCUT2D eigenvalue weighted by atomic mass is 9.96. The van der Waals surface area contributed by atoms with Gasteiger partial charge in [-0.2, -0.15) is 0 Å². The Bertz CT molecular complexity index is 2990. The largest absolute Gasteiger partial charge is 0.491 e. The van der Waals surface area contributed by atoms with Crippen LogP contribution in [0.5, 0.6) is 34.5 Å². The fourth-order valence-corrected chi connectivity index (χ4v) is 11.4. The first-order chi connectivity index (χ1) is 49.9. The summed E-state index contributed by atoms with van der Waals surface area (Å²) in [5.74, 6) is 6.13. The van der Waals surface area contributed by atoms with E-state index in [1.54, 1.807) is 13.0 Å². The number of aliphatic hydroxyl groups is 9. The second kappa shape index (κ2) is 57.9. The third-order valence-corrected chi connectivity index (χ3v) is 17.4. The van der Waals surface area contributed by atoms with Gasteiger partial charge in [-0.15, -0.1) is 0 Å². The highest BCUT2D eigenvalue weighted by atomic mass is 19.1. The van der Waals surface area contributed by atoms with Gasteiger partial charge in [-0.05, 0) is 185 Å². The fourth-order valence-electron chi connectivity index (χ4n) is 11.4. The van der Waals surface area contributed by atoms with Crippen molar-refractivity contribution in [1.29, 1.82) is 0 Å². The molecule has 0 saturated carbocycles. The van der Waals surface area contributed by atoms with Crippen LogP contribution in [0.25, 0.3) is 0 Å². The molecule has 0 radical (unpaired) electrons. The van der Waals surface area contributed by atoms with Crippen LogP contribution >= 0.6 is 0 Å². The van der Waals surface area contributed by atoms with Crippen LogP contribution in [0.1, 0.15) is 210 Å². The molecule has 17 heteroatoms. The molecule has 8 atom stereocenters. The number of para-hydroxylation sites is 4. The fraction of sp³-hybridized carbons (Fsp3) is 0.581. The van der Waals surface area contributed by atoms with E-state index in [1.807, 2.05) is 73.7 Å². The van der Waals surface area contributed by atoms with Crippen molar-refractivity contribution in [3.05, 3.63) is 178 Å². The lowest BCUT2D eigenvalue weighted by molar-refractivity contribution is -0.00488. The number of unbranched alkanes of at least 4 members (excludes halogenated alkanes) is 4. The van der Waals surface area contributed by atoms with Gasteiger partial charge in [0.2, 0.25) is 0 Å². The molecule has 2 aliphatic rings. The zero-order valence-corrected chi connectivity index (χ0v) is 64.4. The number of hydrogen-bond acceptors (Lipinski definition) is 16. The summed E-state index contributed by atoms with van der Waals surface area (Å²) in [7, 11) is 0. The summed E-state index contributed by atoms with van der Waals surface area (Å²) in [6.45, 7) is 25.2. The first kappa shape index (κ1) is 92.7. The number of ether oxygens (including phenoxy) is 7. The van der Waals surface area contributed by atoms with Crippen molar-refractivity contribution >= 4 is 0 Å². The minimum Gasteiger partial charge on any atom is -0.491 e. The van der Waals surface area contributed by atoms with Crippen molar-refractivity contribution in [2.75, 3.05) is 72.7 Å². The van der Waals surface area contributed by atoms with Crippen LogP contribution < -0.4 is 28.4 Å². The van der Waals surface area contributed by atoms with E-state index < -0.39 is 24.4 Å². The molecule has 1 fully saturated rings. The van der Waals surface area contributed by atoms with Gasteiger partial charge in [-0.25, -0.2) is 4.39 Å². The maximum absolute atomic E-state index is 13.0. The van der Waals surface area contributed by atoms with Crippen molar-refractivity contribution in [2.24, 2.45) is 5.92 Å². The van der Waals surface area contributed by atoms with Crippen LogP contribution in [-0.2, 0) is 43.3 Å². The maximum Gasteiger partial charge on any atom is 0.126 e. The molecule has 9 N–H and O–H groups in total. The Morgan fingerprint density at radius 2 is 0.990 bits per heavy atom. The summed E-state index contributed by atoms with van der Waals surface area (Å²) in [4.78, 5) is 0. The van der Waals surface area contributed by atoms with Crippen molar-refractivity contribution in [3.63, 3.8) is 0 Å². The quantitative estimate of drug-likeness (QED) is 0.0176. The molecule has 0 amide bonds. The van der Waals surface area contributed by atoms with Gasteiger partial charge in [0.05, 0.1) is 51.3 Å². The van der Waals surface area contributed by atoms with Crippen molar-refractivity contribution in [3.8, 4) is 34.5 Å². The van der Waals surface area contributed by atoms with E-state index in [2.05, 4.69) is 105 Å². The van der Waals surface area contributed by atoms with Crippen LogP contribution in [0.4, 0.5) is 4.39 Å². The molecule has 0 bridgehead atoms. The second-order valence-corrected chi connectivity index (χ2v) is 26.4. The summed E-state index contributed by atoms with van der Waals surface area (Å²) in [5, 5.41) is 80.6. The molecule has 16 nitrogen and oxygen atoms in total. The molecule has 0 spiro atoms. The zero-order chi connectivity index (χ0) is 76.0. The smallest absolute Gasteiger partial charge is 0.126 e. The number of rotatable bonds is 37. The first-order valence-electron chi connectivity index (χ1n) is 38.3. The monoisotopic (exact) mass is 1440 g/mol. The molecule has 2 heterocycles. The van der Waals surface area contributed by atoms with Crippen molar-refractivity contribution in [1.82, 2.24) is 0 Å². The number of aliphatic hydroxyl groups excluding tert-OH is 9. The number of hydrogen-bond donors (Lipinski definition) is 9. The van der Waals surface area contributed by atoms with E-state index in [0.29, 0.717) is 56.9 Å². The van der Waals surface area contributed by atoms with Crippen LogP contribution in [0.3, 0.4) is 0 Å². The van der Waals surface area contributed by atoms with E-state index in [0.717, 1.165) is 92.1 Å². The third kappa shape index (κ3) is 38.0. The predicted molar refractivity (Wildman–Crippen MR) is 414 cm³/mol. The van der Waals surface area contributed by atoms with Crippen LogP contribution in [-0.4, -0.2) is 155 Å². The van der Waals surface area contributed by atoms with E-state index in [4.69, 9.17) is 68.9 Å². The molecular weight excluding hydrogens is 1310 g/mol. The zero-order valence-electron chi connectivity index (χ0n) is 64.4. The summed E-state index contributed by atoms with van der Waals surface area (Å²) >= 11 is 0. The standard InChI is InChI=1S/C14H20O2.4C13H20O2.C12H17FO2.C8H16O4/c1-2-3-5-11-6-4-7-12-8-9-13(10-15)16-14(11)12;1-3-11(2)10-12-6-4-5-7-13(12)15-9-8-14;1-3-6-11(2)12-7-4-5-8-13(12)15-10-9-14;1-3-4-7-12-8-5-6-9-13(12)15-10-11(2)14;1-3-4-5-12-10-11(2)6-7-13(12)15-9-8-14;1-2-3-4-10-5-6-11(13)9-12(10)15-8-7-14;1-2-5-7(10)8(11)6(12-5)3-4-9/h4,6-7,13,15H,2-3,5,8-10H2,1H3;4-7,11,14H,3,8-10H2,1-2H3;4-5,7-8,11,14H,3,6,9-10H2,1-2H3;5-6,8-9,11,14H,3-4,7,10H2,1-2H3;6-7,10,14H,3-5,8-9H2,1-2H3;5-6,9,14H,2-4,7-8H2,1H3;5-11H,2-4H2,1H3/t;;;;;;5-,6+,7-,8+/m......1/s1. The molecule has 0 aromatic heterocycles. The average molecular weight is 1440 g/mol. The van der Waals surface area contributed by atoms with Gasteiger partial charge in [0.15, 0.2) is 0 Å². The molecule has 6 aromatic carbocycles. The van der Waals surface area contributed by atoms with Gasteiger partial charge in [0.1, 0.15) is 91.7 Å². The lowest BCUT2D eigenvalue weighted by Gasteiger charge is -2.26. The maximum atomic E-state index is 13.0. The average Bonchev–Trinajstić information content (AvgIpc) is 1.12. The van der Waals surface area contributed by atoms with Gasteiger partial charge >= 0.3 is 0 Å². The molecule has 4 unspecified atom stereocenters. The van der Waals surface area contributed by atoms with E-state index in [1.165, 1.54) is 109 Å². The van der Waals surface area contributed by atoms with Crippen molar-refractivity contribution in [2.45, 2.75) is 247 Å². The van der Waals surface area contributed by atoms with Gasteiger partial charge in [-0.3, -0.25) is 0 Å². The highest BCUT2D eigenvalue weighted by molar-refractivity contribution is 5.44.